The van der Waals surface area contributed by atoms with Crippen molar-refractivity contribution < 1.29 is 8.42 Å². The van der Waals surface area contributed by atoms with Crippen molar-refractivity contribution in [2.75, 3.05) is 37.1 Å². The fourth-order valence-corrected chi connectivity index (χ4v) is 5.61. The van der Waals surface area contributed by atoms with Gasteiger partial charge in [-0.15, -0.1) is 0 Å². The van der Waals surface area contributed by atoms with E-state index in [1.54, 1.807) is 0 Å². The number of nitrogens with zero attached hydrogens (tertiary/aromatic N) is 3. The molecule has 0 fully saturated rings. The van der Waals surface area contributed by atoms with Crippen molar-refractivity contribution in [1.29, 1.82) is 0 Å². The van der Waals surface area contributed by atoms with Crippen molar-refractivity contribution in [3.8, 4) is 0 Å². The van der Waals surface area contributed by atoms with Crippen LogP contribution in [-0.4, -0.2) is 45.3 Å². The Morgan fingerprint density at radius 3 is 2.65 bits per heavy atom. The van der Waals surface area contributed by atoms with E-state index in [0.29, 0.717) is 24.5 Å². The number of nitrogens with one attached hydrogen (secondary N) is 1. The van der Waals surface area contributed by atoms with Gasteiger partial charge in [0.15, 0.2) is 0 Å². The van der Waals surface area contributed by atoms with Crippen molar-refractivity contribution in [3.63, 3.8) is 0 Å². The highest BCUT2D eigenvalue weighted by atomic mass is 35.5. The van der Waals surface area contributed by atoms with E-state index in [1.807, 2.05) is 50.5 Å². The molecule has 2 heterocycles. The fraction of sp³-hybridized carbons (Fsp3) is 0.269. The van der Waals surface area contributed by atoms with Crippen LogP contribution in [0.1, 0.15) is 22.3 Å². The third kappa shape index (κ3) is 4.43. The summed E-state index contributed by atoms with van der Waals surface area (Å²) in [5.74, 6) is 0. The average Bonchev–Trinajstić information content (AvgIpc) is 3.22. The van der Waals surface area contributed by atoms with E-state index in [2.05, 4.69) is 28.4 Å². The Morgan fingerprint density at radius 2 is 1.88 bits per heavy atom. The molecular formula is C26H27ClN4O2S. The van der Waals surface area contributed by atoms with Crippen LogP contribution in [0.3, 0.4) is 0 Å². The van der Waals surface area contributed by atoms with E-state index in [4.69, 9.17) is 16.6 Å². The molecule has 0 atom stereocenters. The Morgan fingerprint density at radius 1 is 1.06 bits per heavy atom. The number of aliphatic imine (C=N–C) groups is 1. The van der Waals surface area contributed by atoms with Gasteiger partial charge < -0.3 is 10.2 Å². The van der Waals surface area contributed by atoms with Crippen LogP contribution in [0.5, 0.6) is 0 Å². The van der Waals surface area contributed by atoms with Crippen molar-refractivity contribution >= 4 is 50.1 Å². The number of halogens is 1. The van der Waals surface area contributed by atoms with Crippen molar-refractivity contribution in [3.05, 3.63) is 81.9 Å². The molecule has 0 saturated heterocycles. The molecular weight excluding hydrogens is 468 g/mol. The lowest BCUT2D eigenvalue weighted by atomic mass is 9.98. The first-order valence-corrected chi connectivity index (χ1v) is 13.4. The van der Waals surface area contributed by atoms with E-state index in [0.717, 1.165) is 51.6 Å². The summed E-state index contributed by atoms with van der Waals surface area (Å²) in [7, 11) is 0.858. The minimum absolute atomic E-state index is 0.402. The monoisotopic (exact) mass is 494 g/mol. The first-order chi connectivity index (χ1) is 16.2. The van der Waals surface area contributed by atoms with Gasteiger partial charge in [-0.1, -0.05) is 23.7 Å². The molecule has 34 heavy (non-hydrogen) atoms. The topological polar surface area (TPSA) is 65.0 Å². The van der Waals surface area contributed by atoms with Gasteiger partial charge >= 0.3 is 0 Å². The molecule has 8 heteroatoms. The summed E-state index contributed by atoms with van der Waals surface area (Å²) >= 11 is 6.60. The van der Waals surface area contributed by atoms with Gasteiger partial charge in [-0.3, -0.25) is 4.99 Å². The van der Waals surface area contributed by atoms with Gasteiger partial charge in [-0.05, 0) is 65.6 Å². The summed E-state index contributed by atoms with van der Waals surface area (Å²) in [5.41, 5.74) is 9.31. The second kappa shape index (κ2) is 8.73. The minimum Gasteiger partial charge on any atom is -0.378 e. The molecule has 0 radical (unpaired) electrons. The number of rotatable bonds is 5. The molecule has 0 spiro atoms. The Labute approximate surface area is 205 Å². The molecule has 3 aromatic rings. The molecule has 5 rings (SSSR count). The van der Waals surface area contributed by atoms with Crippen molar-refractivity contribution in [1.82, 2.24) is 4.31 Å². The Bertz CT molecular complexity index is 1420. The molecule has 0 saturated carbocycles. The second-order valence-corrected chi connectivity index (χ2v) is 11.4. The molecule has 176 valence electrons. The zero-order valence-electron chi connectivity index (χ0n) is 19.5. The van der Waals surface area contributed by atoms with E-state index in [1.165, 1.54) is 16.1 Å². The van der Waals surface area contributed by atoms with E-state index in [-0.39, 0.29) is 0 Å². The first kappa shape index (κ1) is 22.9. The average molecular weight is 495 g/mol. The molecule has 0 unspecified atom stereocenters. The molecule has 0 aromatic heterocycles. The zero-order valence-corrected chi connectivity index (χ0v) is 21.0. The van der Waals surface area contributed by atoms with Gasteiger partial charge in [0.2, 0.25) is 10.0 Å². The Hall–Kier alpha value is -2.87. The summed E-state index contributed by atoms with van der Waals surface area (Å²) in [5, 5.41) is 4.20. The van der Waals surface area contributed by atoms with Crippen LogP contribution >= 0.6 is 11.6 Å². The fourth-order valence-electron chi connectivity index (χ4n) is 4.58. The highest BCUT2D eigenvalue weighted by molar-refractivity contribution is 7.88. The van der Waals surface area contributed by atoms with Crippen LogP contribution in [0.2, 0.25) is 5.02 Å². The third-order valence-corrected chi connectivity index (χ3v) is 8.03. The number of anilines is 3. The van der Waals surface area contributed by atoms with Crippen molar-refractivity contribution in [2.24, 2.45) is 4.99 Å². The normalized spacial score (nSPS) is 15.5. The summed E-state index contributed by atoms with van der Waals surface area (Å²) < 4.78 is 25.5. The lowest BCUT2D eigenvalue weighted by molar-refractivity contribution is 0.395. The van der Waals surface area contributed by atoms with E-state index < -0.39 is 10.0 Å². The maximum Gasteiger partial charge on any atom is 0.211 e. The maximum atomic E-state index is 12.0. The van der Waals surface area contributed by atoms with Crippen LogP contribution in [0.15, 0.2) is 59.6 Å². The molecule has 0 amide bonds. The largest absolute Gasteiger partial charge is 0.378 e. The smallest absolute Gasteiger partial charge is 0.211 e. The van der Waals surface area contributed by atoms with Crippen LogP contribution in [-0.2, 0) is 29.4 Å². The number of hydrogen-bond acceptors (Lipinski definition) is 5. The van der Waals surface area contributed by atoms with Crippen LogP contribution in [0.4, 0.5) is 22.7 Å². The molecule has 3 aromatic carbocycles. The van der Waals surface area contributed by atoms with Crippen LogP contribution in [0, 0.1) is 0 Å². The van der Waals surface area contributed by atoms with E-state index >= 15 is 0 Å². The summed E-state index contributed by atoms with van der Waals surface area (Å²) in [6.07, 6.45) is 2.67. The molecule has 6 nitrogen and oxygen atoms in total. The van der Waals surface area contributed by atoms with Gasteiger partial charge in [-0.2, -0.15) is 4.31 Å². The summed E-state index contributed by atoms with van der Waals surface area (Å²) in [6, 6.07) is 18.2. The second-order valence-electron chi connectivity index (χ2n) is 9.05. The number of hydrogen-bond donors (Lipinski definition) is 1. The summed E-state index contributed by atoms with van der Waals surface area (Å²) in [6.45, 7) is 0.889. The Kier molecular flexibility index (Phi) is 5.88. The zero-order chi connectivity index (χ0) is 24.0. The highest BCUT2D eigenvalue weighted by Gasteiger charge is 2.25. The minimum atomic E-state index is -3.21. The van der Waals surface area contributed by atoms with Crippen LogP contribution in [0.25, 0.3) is 0 Å². The first-order valence-electron chi connectivity index (χ1n) is 11.2. The maximum absolute atomic E-state index is 12.0. The molecule has 2 aliphatic heterocycles. The van der Waals surface area contributed by atoms with Gasteiger partial charge in [-0.25, -0.2) is 8.42 Å². The molecule has 1 N–H and O–H groups in total. The predicted octanol–water partition coefficient (Wildman–Crippen LogP) is 5.14. The number of benzene rings is 3. The van der Waals surface area contributed by atoms with Gasteiger partial charge in [0.25, 0.3) is 0 Å². The van der Waals surface area contributed by atoms with Gasteiger partial charge in [0, 0.05) is 61.3 Å². The lowest BCUT2D eigenvalue weighted by Crippen LogP contribution is -2.35. The van der Waals surface area contributed by atoms with Gasteiger partial charge in [0.05, 0.1) is 17.7 Å². The third-order valence-electron chi connectivity index (χ3n) is 6.45. The number of sulfonamides is 1. The van der Waals surface area contributed by atoms with Crippen molar-refractivity contribution in [2.45, 2.75) is 19.4 Å². The molecule has 0 aliphatic carbocycles. The standard InChI is InChI=1S/C26H27ClN4O2S/c1-30(2)20-8-10-24-18(13-20)14-26(29-24)22-15-19(7-9-23(22)27)28-25-6-4-5-17-16-31(34(3,32)33)12-11-21(17)25/h4-10,13,15,28H,11-12,14,16H2,1-3H3. The van der Waals surface area contributed by atoms with Crippen LogP contribution < -0.4 is 10.2 Å². The predicted molar refractivity (Wildman–Crippen MR) is 141 cm³/mol. The number of fused-ring (bicyclic) bond motifs is 2. The van der Waals surface area contributed by atoms with Gasteiger partial charge in [0.1, 0.15) is 0 Å². The SMILES string of the molecule is CN(C)c1ccc2c(c1)CC(c1cc(Nc3cccc4c3CCN(S(C)(=O)=O)C4)ccc1Cl)=N2. The Balaban J connectivity index is 1.41. The summed E-state index contributed by atoms with van der Waals surface area (Å²) in [4.78, 5) is 6.95. The van der Waals surface area contributed by atoms with E-state index in [9.17, 15) is 8.42 Å². The highest BCUT2D eigenvalue weighted by Crippen LogP contribution is 2.35. The molecule has 0 bridgehead atoms. The lowest BCUT2D eigenvalue weighted by Gasteiger charge is -2.28. The molecule has 2 aliphatic rings. The quantitative estimate of drug-likeness (QED) is 0.533.